The van der Waals surface area contributed by atoms with Gasteiger partial charge in [0.1, 0.15) is 0 Å². The summed E-state index contributed by atoms with van der Waals surface area (Å²) in [5.41, 5.74) is 0.736. The van der Waals surface area contributed by atoms with Crippen LogP contribution in [0.2, 0.25) is 5.02 Å². The van der Waals surface area contributed by atoms with Gasteiger partial charge in [-0.05, 0) is 30.9 Å². The van der Waals surface area contributed by atoms with E-state index in [-0.39, 0.29) is 17.8 Å². The third-order valence-electron chi connectivity index (χ3n) is 2.92. The molecule has 1 N–H and O–H groups in total. The van der Waals surface area contributed by atoms with Gasteiger partial charge in [0.2, 0.25) is 0 Å². The molecule has 1 aliphatic heterocycles. The van der Waals surface area contributed by atoms with Gasteiger partial charge >= 0.3 is 0 Å². The zero-order valence-corrected chi connectivity index (χ0v) is 11.2. The lowest BCUT2D eigenvalue weighted by molar-refractivity contribution is -0.00831. The van der Waals surface area contributed by atoms with E-state index in [2.05, 4.69) is 4.98 Å². The Morgan fingerprint density at radius 2 is 2.28 bits per heavy atom. The van der Waals surface area contributed by atoms with Gasteiger partial charge in [0.05, 0.1) is 22.6 Å². The minimum atomic E-state index is -3.93. The van der Waals surface area contributed by atoms with Crippen LogP contribution in [0.1, 0.15) is 24.6 Å². The molecule has 1 aliphatic rings. The highest BCUT2D eigenvalue weighted by atomic mass is 35.5. The van der Waals surface area contributed by atoms with Gasteiger partial charge in [-0.15, -0.1) is 0 Å². The van der Waals surface area contributed by atoms with Crippen LogP contribution in [0, 0.1) is 5.92 Å². The molecule has 100 valence electrons. The van der Waals surface area contributed by atoms with E-state index < -0.39 is 10.1 Å². The fraction of sp³-hybridized carbons (Fsp3) is 0.545. The molecule has 7 heteroatoms. The van der Waals surface area contributed by atoms with E-state index in [4.69, 9.17) is 20.9 Å². The zero-order valence-electron chi connectivity index (χ0n) is 9.62. The van der Waals surface area contributed by atoms with E-state index in [9.17, 15) is 8.42 Å². The molecule has 0 aromatic carbocycles. The second-order valence-corrected chi connectivity index (χ2v) is 6.33. The molecule has 18 heavy (non-hydrogen) atoms. The summed E-state index contributed by atoms with van der Waals surface area (Å²) in [6.45, 7) is 0.467. The van der Waals surface area contributed by atoms with E-state index in [1.165, 1.54) is 6.20 Å². The average molecular weight is 292 g/mol. The van der Waals surface area contributed by atoms with Crippen LogP contribution >= 0.6 is 11.6 Å². The topological polar surface area (TPSA) is 76.5 Å². The Balaban J connectivity index is 2.04. The predicted molar refractivity (Wildman–Crippen MR) is 67.1 cm³/mol. The summed E-state index contributed by atoms with van der Waals surface area (Å²) in [4.78, 5) is 4.16. The predicted octanol–water partition coefficient (Wildman–Crippen LogP) is 2.09. The molecule has 5 nitrogen and oxygen atoms in total. The van der Waals surface area contributed by atoms with Crippen molar-refractivity contribution in [1.29, 1.82) is 0 Å². The lowest BCUT2D eigenvalue weighted by Gasteiger charge is -2.28. The van der Waals surface area contributed by atoms with E-state index in [0.717, 1.165) is 5.69 Å². The van der Waals surface area contributed by atoms with Gasteiger partial charge in [-0.25, -0.2) is 0 Å². The van der Waals surface area contributed by atoms with Crippen LogP contribution in [0.3, 0.4) is 0 Å². The standard InChI is InChI=1S/C11H14ClNO4S/c12-9-1-2-10(13-6-9)11-5-8(3-4-17-11)7-18(14,15)16/h1-2,6,8,11H,3-5,7H2,(H,14,15,16). The smallest absolute Gasteiger partial charge is 0.265 e. The normalized spacial score (nSPS) is 25.0. The number of hydrogen-bond donors (Lipinski definition) is 1. The van der Waals surface area contributed by atoms with Gasteiger partial charge in [-0.1, -0.05) is 11.6 Å². The van der Waals surface area contributed by atoms with Crippen molar-refractivity contribution in [3.8, 4) is 0 Å². The Kier molecular flexibility index (Phi) is 4.21. The molecule has 0 saturated carbocycles. The molecule has 1 fully saturated rings. The van der Waals surface area contributed by atoms with Crippen molar-refractivity contribution in [3.63, 3.8) is 0 Å². The maximum absolute atomic E-state index is 10.9. The molecule has 0 bridgehead atoms. The van der Waals surface area contributed by atoms with E-state index in [0.29, 0.717) is 24.5 Å². The third kappa shape index (κ3) is 3.91. The highest BCUT2D eigenvalue weighted by molar-refractivity contribution is 7.85. The van der Waals surface area contributed by atoms with Crippen LogP contribution < -0.4 is 0 Å². The molecule has 0 radical (unpaired) electrons. The maximum Gasteiger partial charge on any atom is 0.265 e. The van der Waals surface area contributed by atoms with Crippen LogP contribution in [0.25, 0.3) is 0 Å². The SMILES string of the molecule is O=S(=O)(O)CC1CCOC(c2ccc(Cl)cn2)C1. The second-order valence-electron chi connectivity index (χ2n) is 4.40. The fourth-order valence-corrected chi connectivity index (χ4v) is 3.11. The van der Waals surface area contributed by atoms with Crippen molar-refractivity contribution < 1.29 is 17.7 Å². The molecule has 2 atom stereocenters. The molecule has 2 rings (SSSR count). The first kappa shape index (κ1) is 13.7. The Morgan fingerprint density at radius 1 is 1.50 bits per heavy atom. The van der Waals surface area contributed by atoms with Crippen molar-refractivity contribution in [2.45, 2.75) is 18.9 Å². The molecular weight excluding hydrogens is 278 g/mol. The Labute approximate surface area is 111 Å². The summed E-state index contributed by atoms with van der Waals surface area (Å²) in [6.07, 6.45) is 2.47. The summed E-state index contributed by atoms with van der Waals surface area (Å²) in [5.74, 6) is -0.322. The molecular formula is C11H14ClNO4S. The number of pyridine rings is 1. The average Bonchev–Trinajstić information content (AvgIpc) is 2.28. The van der Waals surface area contributed by atoms with Crippen LogP contribution in [0.4, 0.5) is 0 Å². The first-order valence-electron chi connectivity index (χ1n) is 5.62. The summed E-state index contributed by atoms with van der Waals surface area (Å²) in [5, 5.41) is 0.545. The summed E-state index contributed by atoms with van der Waals surface area (Å²) in [7, 11) is -3.93. The first-order chi connectivity index (χ1) is 8.44. The molecule has 1 aromatic rings. The monoisotopic (exact) mass is 291 g/mol. The van der Waals surface area contributed by atoms with Crippen LogP contribution in [0.5, 0.6) is 0 Å². The van der Waals surface area contributed by atoms with Crippen LogP contribution in [-0.4, -0.2) is 30.3 Å². The van der Waals surface area contributed by atoms with Crippen molar-refractivity contribution in [2.75, 3.05) is 12.4 Å². The number of hydrogen-bond acceptors (Lipinski definition) is 4. The van der Waals surface area contributed by atoms with E-state index in [1.807, 2.05) is 0 Å². The maximum atomic E-state index is 10.9. The summed E-state index contributed by atoms with van der Waals surface area (Å²) >= 11 is 5.75. The number of nitrogens with zero attached hydrogens (tertiary/aromatic N) is 1. The number of ether oxygens (including phenoxy) is 1. The highest BCUT2D eigenvalue weighted by Crippen LogP contribution is 2.31. The summed E-state index contributed by atoms with van der Waals surface area (Å²) in [6, 6.07) is 3.49. The Bertz CT molecular complexity index is 502. The van der Waals surface area contributed by atoms with Gasteiger partial charge in [0.15, 0.2) is 0 Å². The minimum Gasteiger partial charge on any atom is -0.372 e. The number of halogens is 1. The lowest BCUT2D eigenvalue weighted by Crippen LogP contribution is -2.25. The van der Waals surface area contributed by atoms with Gasteiger partial charge in [-0.3, -0.25) is 9.54 Å². The van der Waals surface area contributed by atoms with E-state index >= 15 is 0 Å². The Hall–Kier alpha value is -0.690. The molecule has 0 spiro atoms. The molecule has 2 unspecified atom stereocenters. The molecule has 2 heterocycles. The van der Waals surface area contributed by atoms with Crippen molar-refractivity contribution in [2.24, 2.45) is 5.92 Å². The van der Waals surface area contributed by atoms with Crippen molar-refractivity contribution in [1.82, 2.24) is 4.98 Å². The van der Waals surface area contributed by atoms with Gasteiger partial charge in [0.25, 0.3) is 10.1 Å². The van der Waals surface area contributed by atoms with Crippen LogP contribution in [0.15, 0.2) is 18.3 Å². The van der Waals surface area contributed by atoms with Gasteiger partial charge < -0.3 is 4.74 Å². The first-order valence-corrected chi connectivity index (χ1v) is 7.61. The minimum absolute atomic E-state index is 0.101. The van der Waals surface area contributed by atoms with Gasteiger partial charge in [0, 0.05) is 12.8 Å². The lowest BCUT2D eigenvalue weighted by atomic mass is 9.95. The second kappa shape index (κ2) is 5.52. The molecule has 0 aliphatic carbocycles. The van der Waals surface area contributed by atoms with Gasteiger partial charge in [-0.2, -0.15) is 8.42 Å². The fourth-order valence-electron chi connectivity index (χ4n) is 2.10. The highest BCUT2D eigenvalue weighted by Gasteiger charge is 2.27. The number of rotatable bonds is 3. The quantitative estimate of drug-likeness (QED) is 0.863. The molecule has 0 amide bonds. The van der Waals surface area contributed by atoms with E-state index in [1.54, 1.807) is 12.1 Å². The molecule has 1 saturated heterocycles. The zero-order chi connectivity index (χ0) is 13.2. The Morgan fingerprint density at radius 3 is 2.89 bits per heavy atom. The van der Waals surface area contributed by atoms with Crippen molar-refractivity contribution in [3.05, 3.63) is 29.0 Å². The third-order valence-corrected chi connectivity index (χ3v) is 4.04. The number of aromatic nitrogens is 1. The summed E-state index contributed by atoms with van der Waals surface area (Å²) < 4.78 is 36.2. The largest absolute Gasteiger partial charge is 0.372 e. The van der Waals surface area contributed by atoms with Crippen LogP contribution in [-0.2, 0) is 14.9 Å². The molecule has 1 aromatic heterocycles. The van der Waals surface area contributed by atoms with Crippen molar-refractivity contribution >= 4 is 21.7 Å².